The third kappa shape index (κ3) is 3.42. The van der Waals surface area contributed by atoms with Gasteiger partial charge in [0.25, 0.3) is 0 Å². The molecule has 0 aromatic heterocycles. The standard InChI is InChI=1S/C12H15ClO3/c1-3-9-6-10(4-5-11(9)13)16-7-8(2)12(14)15/h4-6,8H,3,7H2,1-2H3,(H,14,15). The molecule has 1 rings (SSSR count). The zero-order valence-electron chi connectivity index (χ0n) is 9.37. The van der Waals surface area contributed by atoms with Gasteiger partial charge in [0, 0.05) is 5.02 Å². The highest BCUT2D eigenvalue weighted by atomic mass is 35.5. The number of benzene rings is 1. The van der Waals surface area contributed by atoms with Crippen molar-refractivity contribution < 1.29 is 14.6 Å². The van der Waals surface area contributed by atoms with E-state index in [0.29, 0.717) is 10.8 Å². The number of aryl methyl sites for hydroxylation is 1. The lowest BCUT2D eigenvalue weighted by Gasteiger charge is -2.10. The minimum Gasteiger partial charge on any atom is -0.493 e. The van der Waals surface area contributed by atoms with E-state index in [1.54, 1.807) is 19.1 Å². The summed E-state index contributed by atoms with van der Waals surface area (Å²) in [5.41, 5.74) is 1.00. The molecule has 16 heavy (non-hydrogen) atoms. The van der Waals surface area contributed by atoms with E-state index < -0.39 is 11.9 Å². The number of carboxylic acids is 1. The van der Waals surface area contributed by atoms with E-state index in [4.69, 9.17) is 21.4 Å². The highest BCUT2D eigenvalue weighted by molar-refractivity contribution is 6.31. The molecule has 0 fully saturated rings. The maximum atomic E-state index is 10.6. The smallest absolute Gasteiger partial charge is 0.309 e. The van der Waals surface area contributed by atoms with Crippen LogP contribution in [0.15, 0.2) is 18.2 Å². The van der Waals surface area contributed by atoms with Crippen LogP contribution in [0.3, 0.4) is 0 Å². The Kier molecular flexibility index (Phi) is 4.62. The van der Waals surface area contributed by atoms with Crippen LogP contribution in [0.5, 0.6) is 5.75 Å². The van der Waals surface area contributed by atoms with Gasteiger partial charge < -0.3 is 9.84 Å². The first-order chi connectivity index (χ1) is 7.54. The lowest BCUT2D eigenvalue weighted by Crippen LogP contribution is -2.17. The number of carboxylic acid groups (broad SMARTS) is 1. The highest BCUT2D eigenvalue weighted by Crippen LogP contribution is 2.22. The molecule has 1 aromatic rings. The molecular weight excluding hydrogens is 228 g/mol. The van der Waals surface area contributed by atoms with E-state index in [9.17, 15) is 4.79 Å². The second-order valence-electron chi connectivity index (χ2n) is 3.66. The molecule has 88 valence electrons. The van der Waals surface area contributed by atoms with E-state index in [0.717, 1.165) is 12.0 Å². The Labute approximate surface area is 100.0 Å². The molecule has 0 aliphatic carbocycles. The van der Waals surface area contributed by atoms with Gasteiger partial charge in [-0.25, -0.2) is 0 Å². The normalized spacial score (nSPS) is 12.2. The molecule has 0 bridgehead atoms. The Hall–Kier alpha value is -1.22. The molecule has 3 nitrogen and oxygen atoms in total. The van der Waals surface area contributed by atoms with Crippen molar-refractivity contribution in [1.29, 1.82) is 0 Å². The van der Waals surface area contributed by atoms with Crippen molar-refractivity contribution in [2.75, 3.05) is 6.61 Å². The summed E-state index contributed by atoms with van der Waals surface area (Å²) in [6, 6.07) is 5.36. The molecule has 0 aliphatic heterocycles. The van der Waals surface area contributed by atoms with Crippen molar-refractivity contribution in [3.8, 4) is 5.75 Å². The predicted molar refractivity (Wildman–Crippen MR) is 63.1 cm³/mol. The van der Waals surface area contributed by atoms with Gasteiger partial charge in [0.15, 0.2) is 0 Å². The van der Waals surface area contributed by atoms with Crippen molar-refractivity contribution in [2.24, 2.45) is 5.92 Å². The largest absolute Gasteiger partial charge is 0.493 e. The average molecular weight is 243 g/mol. The third-order valence-corrected chi connectivity index (χ3v) is 2.69. The first-order valence-corrected chi connectivity index (χ1v) is 5.56. The van der Waals surface area contributed by atoms with Crippen molar-refractivity contribution in [2.45, 2.75) is 20.3 Å². The summed E-state index contributed by atoms with van der Waals surface area (Å²) in [4.78, 5) is 10.6. The molecule has 0 saturated carbocycles. The summed E-state index contributed by atoms with van der Waals surface area (Å²) in [5.74, 6) is -0.709. The van der Waals surface area contributed by atoms with Crippen LogP contribution in [0.25, 0.3) is 0 Å². The van der Waals surface area contributed by atoms with Gasteiger partial charge in [0.2, 0.25) is 0 Å². The molecular formula is C12H15ClO3. The quantitative estimate of drug-likeness (QED) is 0.864. The Bertz CT molecular complexity index is 377. The zero-order valence-corrected chi connectivity index (χ0v) is 10.1. The fourth-order valence-corrected chi connectivity index (χ4v) is 1.46. The van der Waals surface area contributed by atoms with Crippen molar-refractivity contribution in [3.63, 3.8) is 0 Å². The van der Waals surface area contributed by atoms with Crippen LogP contribution in [-0.2, 0) is 11.2 Å². The van der Waals surface area contributed by atoms with Crippen LogP contribution in [0.4, 0.5) is 0 Å². The molecule has 1 aromatic carbocycles. The van der Waals surface area contributed by atoms with Crippen molar-refractivity contribution >= 4 is 17.6 Å². The van der Waals surface area contributed by atoms with Gasteiger partial charge in [-0.2, -0.15) is 0 Å². The van der Waals surface area contributed by atoms with E-state index in [1.807, 2.05) is 13.0 Å². The highest BCUT2D eigenvalue weighted by Gasteiger charge is 2.11. The van der Waals surface area contributed by atoms with E-state index in [2.05, 4.69) is 0 Å². The fraction of sp³-hybridized carbons (Fsp3) is 0.417. The van der Waals surface area contributed by atoms with E-state index >= 15 is 0 Å². The van der Waals surface area contributed by atoms with Crippen molar-refractivity contribution in [3.05, 3.63) is 28.8 Å². The van der Waals surface area contributed by atoms with Crippen LogP contribution in [0, 0.1) is 5.92 Å². The monoisotopic (exact) mass is 242 g/mol. The lowest BCUT2D eigenvalue weighted by atomic mass is 10.1. The predicted octanol–water partition coefficient (Wildman–Crippen LogP) is 3.00. The molecule has 1 unspecified atom stereocenters. The summed E-state index contributed by atoms with van der Waals surface area (Å²) in [6.07, 6.45) is 0.824. The van der Waals surface area contributed by atoms with Gasteiger partial charge >= 0.3 is 5.97 Å². The molecule has 0 radical (unpaired) electrons. The molecule has 1 N–H and O–H groups in total. The fourth-order valence-electron chi connectivity index (χ4n) is 1.20. The summed E-state index contributed by atoms with van der Waals surface area (Å²) in [6.45, 7) is 3.78. The summed E-state index contributed by atoms with van der Waals surface area (Å²) in [7, 11) is 0. The second kappa shape index (κ2) is 5.75. The Morgan fingerprint density at radius 2 is 2.25 bits per heavy atom. The lowest BCUT2D eigenvalue weighted by molar-refractivity contribution is -0.142. The summed E-state index contributed by atoms with van der Waals surface area (Å²) >= 11 is 5.96. The maximum absolute atomic E-state index is 10.6. The van der Waals surface area contributed by atoms with Gasteiger partial charge in [-0.1, -0.05) is 18.5 Å². The SMILES string of the molecule is CCc1cc(OCC(C)C(=O)O)ccc1Cl. The minimum absolute atomic E-state index is 0.167. The number of ether oxygens (including phenoxy) is 1. The Morgan fingerprint density at radius 3 is 2.81 bits per heavy atom. The number of halogens is 1. The van der Waals surface area contributed by atoms with E-state index in [-0.39, 0.29) is 6.61 Å². The molecule has 1 atom stereocenters. The third-order valence-electron chi connectivity index (χ3n) is 2.32. The van der Waals surface area contributed by atoms with Crippen LogP contribution in [-0.4, -0.2) is 17.7 Å². The molecule has 0 saturated heterocycles. The second-order valence-corrected chi connectivity index (χ2v) is 4.06. The number of rotatable bonds is 5. The number of carbonyl (C=O) groups is 1. The summed E-state index contributed by atoms with van der Waals surface area (Å²) in [5, 5.41) is 9.41. The van der Waals surface area contributed by atoms with Crippen LogP contribution >= 0.6 is 11.6 Å². The van der Waals surface area contributed by atoms with Crippen LogP contribution in [0.2, 0.25) is 5.02 Å². The maximum Gasteiger partial charge on any atom is 0.309 e. The van der Waals surface area contributed by atoms with Crippen molar-refractivity contribution in [1.82, 2.24) is 0 Å². The molecule has 0 spiro atoms. The number of hydrogen-bond acceptors (Lipinski definition) is 2. The first kappa shape index (κ1) is 12.8. The topological polar surface area (TPSA) is 46.5 Å². The number of hydrogen-bond donors (Lipinski definition) is 1. The van der Waals surface area contributed by atoms with Gasteiger partial charge in [0.05, 0.1) is 5.92 Å². The van der Waals surface area contributed by atoms with Crippen LogP contribution < -0.4 is 4.74 Å². The Morgan fingerprint density at radius 1 is 1.56 bits per heavy atom. The minimum atomic E-state index is -0.857. The van der Waals surface area contributed by atoms with Gasteiger partial charge in [-0.15, -0.1) is 0 Å². The van der Waals surface area contributed by atoms with E-state index in [1.165, 1.54) is 0 Å². The van der Waals surface area contributed by atoms with Gasteiger partial charge in [-0.3, -0.25) is 4.79 Å². The average Bonchev–Trinajstić information content (AvgIpc) is 2.27. The van der Waals surface area contributed by atoms with Gasteiger partial charge in [0.1, 0.15) is 12.4 Å². The molecule has 4 heteroatoms. The zero-order chi connectivity index (χ0) is 12.1. The molecule has 0 heterocycles. The first-order valence-electron chi connectivity index (χ1n) is 5.18. The molecule has 0 amide bonds. The number of aliphatic carboxylic acids is 1. The Balaban J connectivity index is 2.64. The molecule has 0 aliphatic rings. The van der Waals surface area contributed by atoms with Crippen LogP contribution in [0.1, 0.15) is 19.4 Å². The van der Waals surface area contributed by atoms with Gasteiger partial charge in [-0.05, 0) is 37.1 Å². The summed E-state index contributed by atoms with van der Waals surface area (Å²) < 4.78 is 5.39.